The molecule has 3 aliphatic heterocycles. The van der Waals surface area contributed by atoms with Crippen molar-refractivity contribution in [2.75, 3.05) is 7.05 Å². The number of aromatic nitrogens is 3. The van der Waals surface area contributed by atoms with Crippen molar-refractivity contribution in [1.29, 1.82) is 0 Å². The molecule has 1 saturated heterocycles. The molecule has 0 spiro atoms. The summed E-state index contributed by atoms with van der Waals surface area (Å²) in [5, 5.41) is 9.98. The van der Waals surface area contributed by atoms with Crippen molar-refractivity contribution in [3.05, 3.63) is 68.2 Å². The van der Waals surface area contributed by atoms with E-state index in [-0.39, 0.29) is 25.1 Å². The number of phenolic OH excluding ortho intramolecular Hbond substituents is 1. The molecular weight excluding hydrogens is 499 g/mol. The van der Waals surface area contributed by atoms with Gasteiger partial charge in [0.05, 0.1) is 18.8 Å². The topological polar surface area (TPSA) is 116 Å². The smallest absolute Gasteiger partial charge is 0.347 e. The van der Waals surface area contributed by atoms with Crippen molar-refractivity contribution in [1.82, 2.24) is 18.8 Å². The van der Waals surface area contributed by atoms with Crippen LogP contribution >= 0.6 is 23.2 Å². The Balaban J connectivity index is 1.58. The second-order valence-corrected chi connectivity index (χ2v) is 10.6. The van der Waals surface area contributed by atoms with Gasteiger partial charge in [0.2, 0.25) is 0 Å². The molecule has 4 heterocycles. The van der Waals surface area contributed by atoms with E-state index in [1.54, 1.807) is 18.2 Å². The number of nitrogens with zero attached hydrogens (tertiary/aromatic N) is 4. The number of aromatic hydroxyl groups is 1. The molecule has 182 valence electrons. The number of rotatable bonds is 1. The van der Waals surface area contributed by atoms with Crippen LogP contribution in [0.15, 0.2) is 51.3 Å². The summed E-state index contributed by atoms with van der Waals surface area (Å²) >= 11 is 14.1. The van der Waals surface area contributed by atoms with Crippen molar-refractivity contribution in [2.24, 2.45) is 13.0 Å². The number of fused-ring (bicyclic) bond motifs is 5. The van der Waals surface area contributed by atoms with Gasteiger partial charge in [0, 0.05) is 38.4 Å². The van der Waals surface area contributed by atoms with E-state index in [0.717, 1.165) is 9.47 Å². The average molecular weight is 519 g/mol. The number of allylic oxidation sites excluding steroid dienone is 3. The number of hydrogen-bond donors (Lipinski definition) is 1. The molecule has 12 heteroatoms. The van der Waals surface area contributed by atoms with E-state index in [1.807, 2.05) is 0 Å². The van der Waals surface area contributed by atoms with Crippen molar-refractivity contribution in [3.63, 3.8) is 0 Å². The fraction of sp³-hybridized carbons (Fsp3) is 0.391. The van der Waals surface area contributed by atoms with E-state index in [1.165, 1.54) is 35.8 Å². The molecule has 4 atom stereocenters. The van der Waals surface area contributed by atoms with Gasteiger partial charge < -0.3 is 9.84 Å². The zero-order chi connectivity index (χ0) is 25.0. The number of hydrogen-bond acceptors (Lipinski definition) is 6. The van der Waals surface area contributed by atoms with E-state index < -0.39 is 44.9 Å². The number of ether oxygens (including phenoxy) is 1. The first-order chi connectivity index (χ1) is 16.5. The predicted molar refractivity (Wildman–Crippen MR) is 125 cm³/mol. The molecule has 1 N–H and O–H groups in total. The van der Waals surface area contributed by atoms with Crippen LogP contribution in [-0.2, 0) is 29.6 Å². The van der Waals surface area contributed by atoms with Crippen molar-refractivity contribution >= 4 is 35.0 Å². The van der Waals surface area contributed by atoms with Crippen LogP contribution in [0.25, 0.3) is 0 Å². The Labute approximate surface area is 208 Å². The molecule has 1 saturated carbocycles. The Morgan fingerprint density at radius 3 is 2.57 bits per heavy atom. The van der Waals surface area contributed by atoms with E-state index in [0.29, 0.717) is 22.5 Å². The maximum atomic E-state index is 13.5. The van der Waals surface area contributed by atoms with E-state index >= 15 is 0 Å². The largest absolute Gasteiger partial charge is 0.508 e. The number of phenols is 1. The normalized spacial score (nSPS) is 31.1. The standard InChI is InChI=1S/C23H20Cl2N4O6/c1-26-18(31)22(24)9-15-14(5-6-28-20(33)27(2)21(34)29(15)28)17(23(22,25)19(26)32)12-7-11-8-13(30)3-4-16(11)35-10-12/h3-5,8,10,15,17,30H,6-7,9H2,1-2H3/t15-,17+,22-,23+/m1/s1. The summed E-state index contributed by atoms with van der Waals surface area (Å²) < 4.78 is 9.39. The molecule has 35 heavy (non-hydrogen) atoms. The minimum Gasteiger partial charge on any atom is -0.508 e. The number of alkyl halides is 2. The summed E-state index contributed by atoms with van der Waals surface area (Å²) in [7, 11) is 2.71. The SMILES string of the molecule is CN1C(=O)[C@]2(Cl)C[C@@H]3C(=CCn4c(=O)n(C)c(=O)n43)[C@H](C3=COc4ccc(O)cc4C3)[C@]2(Cl)C1=O. The Kier molecular flexibility index (Phi) is 4.39. The van der Waals surface area contributed by atoms with Crippen LogP contribution in [0.2, 0.25) is 0 Å². The van der Waals surface area contributed by atoms with Gasteiger partial charge in [-0.15, -0.1) is 23.2 Å². The number of halogens is 2. The lowest BCUT2D eigenvalue weighted by Crippen LogP contribution is -2.61. The van der Waals surface area contributed by atoms with Crippen LogP contribution in [0.5, 0.6) is 11.5 Å². The zero-order valence-electron chi connectivity index (χ0n) is 18.7. The lowest BCUT2D eigenvalue weighted by atomic mass is 9.63. The molecule has 10 nitrogen and oxygen atoms in total. The number of carbonyl (C=O) groups is 2. The van der Waals surface area contributed by atoms with Gasteiger partial charge in [-0.05, 0) is 29.3 Å². The van der Waals surface area contributed by atoms with Crippen molar-refractivity contribution in [3.8, 4) is 11.5 Å². The van der Waals surface area contributed by atoms with Gasteiger partial charge in [0.25, 0.3) is 11.8 Å². The number of carbonyl (C=O) groups excluding carboxylic acids is 2. The third-order valence-corrected chi connectivity index (χ3v) is 9.03. The fourth-order valence-electron chi connectivity index (χ4n) is 5.93. The molecule has 0 bridgehead atoms. The first kappa shape index (κ1) is 22.2. The lowest BCUT2D eigenvalue weighted by Gasteiger charge is -2.49. The molecule has 0 unspecified atom stereocenters. The van der Waals surface area contributed by atoms with Gasteiger partial charge in [-0.25, -0.2) is 23.5 Å². The van der Waals surface area contributed by atoms with E-state index in [2.05, 4.69) is 0 Å². The second kappa shape index (κ2) is 6.92. The quantitative estimate of drug-likeness (QED) is 0.342. The van der Waals surface area contributed by atoms with Crippen LogP contribution in [0.1, 0.15) is 18.0 Å². The zero-order valence-corrected chi connectivity index (χ0v) is 20.2. The first-order valence-electron chi connectivity index (χ1n) is 11.0. The van der Waals surface area contributed by atoms with Crippen LogP contribution < -0.4 is 16.1 Å². The number of amides is 2. The van der Waals surface area contributed by atoms with E-state index in [9.17, 15) is 24.3 Å². The Morgan fingerprint density at radius 1 is 1.09 bits per heavy atom. The van der Waals surface area contributed by atoms with Crippen LogP contribution in [0, 0.1) is 5.92 Å². The average Bonchev–Trinajstić information content (AvgIpc) is 3.13. The molecular formula is C23H20Cl2N4O6. The van der Waals surface area contributed by atoms with Gasteiger partial charge in [-0.1, -0.05) is 6.08 Å². The fourth-order valence-corrected chi connectivity index (χ4v) is 6.94. The Morgan fingerprint density at radius 2 is 1.83 bits per heavy atom. The number of imide groups is 1. The summed E-state index contributed by atoms with van der Waals surface area (Å²) in [5.41, 5.74) is 0.791. The maximum Gasteiger partial charge on any atom is 0.347 e. The highest BCUT2D eigenvalue weighted by Gasteiger charge is 2.75. The molecule has 2 aromatic rings. The summed E-state index contributed by atoms with van der Waals surface area (Å²) in [5.74, 6) is -1.63. The predicted octanol–water partition coefficient (Wildman–Crippen LogP) is 1.03. The molecule has 1 aliphatic carbocycles. The van der Waals surface area contributed by atoms with E-state index in [4.69, 9.17) is 27.9 Å². The van der Waals surface area contributed by atoms with Crippen molar-refractivity contribution < 1.29 is 19.4 Å². The summed E-state index contributed by atoms with van der Waals surface area (Å²) in [6, 6.07) is 3.90. The van der Waals surface area contributed by atoms with Crippen LogP contribution in [-0.4, -0.2) is 52.5 Å². The third-order valence-electron chi connectivity index (χ3n) is 7.62. The molecule has 1 aromatic heterocycles. The maximum absolute atomic E-state index is 13.5. The third kappa shape index (κ3) is 2.56. The summed E-state index contributed by atoms with van der Waals surface area (Å²) in [4.78, 5) is 49.7. The van der Waals surface area contributed by atoms with Gasteiger partial charge >= 0.3 is 11.4 Å². The summed E-state index contributed by atoms with van der Waals surface area (Å²) in [6.07, 6.45) is 3.37. The highest BCUT2D eigenvalue weighted by Crippen LogP contribution is 2.62. The molecule has 2 amide bonds. The lowest BCUT2D eigenvalue weighted by molar-refractivity contribution is -0.137. The molecule has 1 aromatic carbocycles. The van der Waals surface area contributed by atoms with Crippen LogP contribution in [0.3, 0.4) is 0 Å². The van der Waals surface area contributed by atoms with Gasteiger partial charge in [0.15, 0.2) is 9.75 Å². The second-order valence-electron chi connectivity index (χ2n) is 9.37. The Hall–Kier alpha value is -3.24. The highest BCUT2D eigenvalue weighted by molar-refractivity contribution is 6.53. The number of likely N-dealkylation sites (tertiary alicyclic amines) is 1. The van der Waals surface area contributed by atoms with Gasteiger partial charge in [-0.3, -0.25) is 14.5 Å². The molecule has 2 fully saturated rings. The molecule has 6 rings (SSSR count). The van der Waals surface area contributed by atoms with Crippen molar-refractivity contribution in [2.45, 2.75) is 35.2 Å². The summed E-state index contributed by atoms with van der Waals surface area (Å²) in [6.45, 7) is 0.0863. The minimum absolute atomic E-state index is 0.0472. The highest BCUT2D eigenvalue weighted by atomic mass is 35.5. The van der Waals surface area contributed by atoms with Crippen LogP contribution in [0.4, 0.5) is 0 Å². The monoisotopic (exact) mass is 518 g/mol. The molecule has 0 radical (unpaired) electrons. The van der Waals surface area contributed by atoms with Gasteiger partial charge in [-0.2, -0.15) is 0 Å². The minimum atomic E-state index is -1.88. The Bertz CT molecular complexity index is 1530. The van der Waals surface area contributed by atoms with Gasteiger partial charge in [0.1, 0.15) is 11.5 Å². The first-order valence-corrected chi connectivity index (χ1v) is 11.7. The number of benzene rings is 1. The molecule has 4 aliphatic rings.